The first kappa shape index (κ1) is 24.2. The molecule has 0 rings (SSSR count). The fourth-order valence-corrected chi connectivity index (χ4v) is 2.24. The van der Waals surface area contributed by atoms with Gasteiger partial charge in [0.1, 0.15) is 6.17 Å². The van der Waals surface area contributed by atoms with Gasteiger partial charge in [0.05, 0.1) is 32.0 Å². The molecule has 0 bridgehead atoms. The van der Waals surface area contributed by atoms with E-state index in [2.05, 4.69) is 29.8 Å². The summed E-state index contributed by atoms with van der Waals surface area (Å²) >= 11 is 0. The summed E-state index contributed by atoms with van der Waals surface area (Å²) in [5, 5.41) is 9.09. The van der Waals surface area contributed by atoms with Crippen LogP contribution < -0.4 is 16.0 Å². The Morgan fingerprint density at radius 2 is 1.80 bits per heavy atom. The molecule has 1 amide bonds. The Bertz CT molecular complexity index is 344. The van der Waals surface area contributed by atoms with Crippen LogP contribution in [0.3, 0.4) is 0 Å². The number of rotatable bonds is 16. The quantitative estimate of drug-likeness (QED) is 0.364. The highest BCUT2D eigenvalue weighted by atomic mass is 19.1. The molecule has 0 fully saturated rings. The molecule has 3 N–H and O–H groups in total. The van der Waals surface area contributed by atoms with E-state index in [9.17, 15) is 9.18 Å². The van der Waals surface area contributed by atoms with Gasteiger partial charge in [-0.15, -0.1) is 0 Å². The molecule has 0 aliphatic rings. The van der Waals surface area contributed by atoms with Gasteiger partial charge in [0.2, 0.25) is 5.91 Å². The van der Waals surface area contributed by atoms with E-state index >= 15 is 0 Å². The molecule has 7 heteroatoms. The molecule has 0 aliphatic heterocycles. The minimum atomic E-state index is -1.25. The molecule has 0 saturated carbocycles. The maximum atomic E-state index is 14.0. The highest BCUT2D eigenvalue weighted by molar-refractivity contribution is 5.72. The maximum absolute atomic E-state index is 14.0. The zero-order valence-corrected chi connectivity index (χ0v) is 16.6. The molecule has 0 aromatic heterocycles. The second-order valence-corrected chi connectivity index (χ2v) is 6.86. The molecule has 0 radical (unpaired) electrons. The minimum absolute atomic E-state index is 0.0332. The molecule has 0 aliphatic carbocycles. The lowest BCUT2D eigenvalue weighted by Crippen LogP contribution is -2.44. The topological polar surface area (TPSA) is 71.6 Å². The summed E-state index contributed by atoms with van der Waals surface area (Å²) in [6.45, 7) is 13.1. The van der Waals surface area contributed by atoms with Gasteiger partial charge in [-0.25, -0.2) is 4.39 Å². The third kappa shape index (κ3) is 14.1. The smallest absolute Gasteiger partial charge is 0.216 e. The number of halogens is 1. The second-order valence-electron chi connectivity index (χ2n) is 6.86. The van der Waals surface area contributed by atoms with Crippen LogP contribution in [0.15, 0.2) is 0 Å². The van der Waals surface area contributed by atoms with Gasteiger partial charge >= 0.3 is 0 Å². The molecule has 2 atom stereocenters. The van der Waals surface area contributed by atoms with Crippen molar-refractivity contribution in [3.63, 3.8) is 0 Å². The Hall–Kier alpha value is -0.760. The summed E-state index contributed by atoms with van der Waals surface area (Å²) in [5.74, 6) is -0.241. The highest BCUT2D eigenvalue weighted by Crippen LogP contribution is 2.17. The van der Waals surface area contributed by atoms with Crippen molar-refractivity contribution in [2.75, 3.05) is 46.0 Å². The number of ether oxygens (including phenoxy) is 2. The number of hydrogen-bond donors (Lipinski definition) is 3. The van der Waals surface area contributed by atoms with Crippen molar-refractivity contribution >= 4 is 5.91 Å². The molecule has 150 valence electrons. The summed E-state index contributed by atoms with van der Waals surface area (Å²) in [5.41, 5.74) is -0.929. The van der Waals surface area contributed by atoms with Crippen LogP contribution in [0, 0.1) is 0 Å². The number of carbonyl (C=O) groups is 1. The number of alkyl halides is 1. The van der Waals surface area contributed by atoms with Gasteiger partial charge in [-0.1, -0.05) is 13.3 Å². The lowest BCUT2D eigenvalue weighted by Gasteiger charge is -2.29. The van der Waals surface area contributed by atoms with Crippen molar-refractivity contribution in [2.45, 2.75) is 65.3 Å². The third-order valence-corrected chi connectivity index (χ3v) is 3.92. The van der Waals surface area contributed by atoms with Gasteiger partial charge in [-0.05, 0) is 27.2 Å². The number of carbonyl (C=O) groups excluding carboxylic acids is 1. The lowest BCUT2D eigenvalue weighted by molar-refractivity contribution is -0.120. The van der Waals surface area contributed by atoms with Crippen molar-refractivity contribution in [3.05, 3.63) is 0 Å². The number of amides is 1. The Balaban J connectivity index is 3.52. The van der Waals surface area contributed by atoms with Crippen LogP contribution in [0.5, 0.6) is 0 Å². The summed E-state index contributed by atoms with van der Waals surface area (Å²) < 4.78 is 25.1. The Morgan fingerprint density at radius 3 is 2.44 bits per heavy atom. The minimum Gasteiger partial charge on any atom is -0.379 e. The Labute approximate surface area is 152 Å². The van der Waals surface area contributed by atoms with Crippen LogP contribution in [-0.2, 0) is 14.3 Å². The van der Waals surface area contributed by atoms with Crippen LogP contribution in [0.4, 0.5) is 4.39 Å². The van der Waals surface area contributed by atoms with E-state index < -0.39 is 11.8 Å². The average Bonchev–Trinajstić information content (AvgIpc) is 2.54. The van der Waals surface area contributed by atoms with E-state index in [1.165, 1.54) is 19.8 Å². The lowest BCUT2D eigenvalue weighted by atomic mass is 10.0. The van der Waals surface area contributed by atoms with E-state index in [-0.39, 0.29) is 12.5 Å². The summed E-state index contributed by atoms with van der Waals surface area (Å²) in [7, 11) is 0. The first-order valence-electron chi connectivity index (χ1n) is 9.34. The Morgan fingerprint density at radius 1 is 1.16 bits per heavy atom. The Kier molecular flexibility index (Phi) is 14.0. The van der Waals surface area contributed by atoms with Crippen molar-refractivity contribution in [1.82, 2.24) is 16.0 Å². The molecule has 6 nitrogen and oxygen atoms in total. The molecular formula is C18H38FN3O3. The predicted octanol–water partition coefficient (Wildman–Crippen LogP) is 1.64. The molecule has 0 saturated heterocycles. The van der Waals surface area contributed by atoms with Gasteiger partial charge in [0.15, 0.2) is 0 Å². The van der Waals surface area contributed by atoms with Crippen LogP contribution >= 0.6 is 0 Å². The number of nitrogens with one attached hydrogen (secondary N) is 3. The molecule has 0 aromatic carbocycles. The fraction of sp³-hybridized carbons (Fsp3) is 0.944. The summed E-state index contributed by atoms with van der Waals surface area (Å²) in [6.07, 6.45) is 1.12. The third-order valence-electron chi connectivity index (χ3n) is 3.92. The van der Waals surface area contributed by atoms with Gasteiger partial charge in [-0.3, -0.25) is 4.79 Å². The van der Waals surface area contributed by atoms with E-state index in [1.54, 1.807) is 13.8 Å². The molecule has 2 unspecified atom stereocenters. The van der Waals surface area contributed by atoms with Gasteiger partial charge in [0.25, 0.3) is 0 Å². The fourth-order valence-electron chi connectivity index (χ4n) is 2.24. The zero-order valence-electron chi connectivity index (χ0n) is 16.6. The van der Waals surface area contributed by atoms with Crippen molar-refractivity contribution in [2.24, 2.45) is 0 Å². The van der Waals surface area contributed by atoms with Gasteiger partial charge < -0.3 is 25.4 Å². The molecule has 0 heterocycles. The zero-order chi connectivity index (χ0) is 19.1. The highest BCUT2D eigenvalue weighted by Gasteiger charge is 2.30. The molecule has 0 aromatic rings. The predicted molar refractivity (Wildman–Crippen MR) is 99.7 cm³/mol. The standard InChI is InChI=1S/C18H38FN3O3/c1-6-7-15(2)21-10-12-24-11-8-20-9-13-25-18(4,5)17(19)14-22-16(3)23/h15,17,20-21H,6-14H2,1-5H3,(H,22,23). The summed E-state index contributed by atoms with van der Waals surface area (Å²) in [4.78, 5) is 10.8. The van der Waals surface area contributed by atoms with Crippen LogP contribution in [0.25, 0.3) is 0 Å². The van der Waals surface area contributed by atoms with E-state index in [0.717, 1.165) is 13.1 Å². The first-order valence-corrected chi connectivity index (χ1v) is 9.34. The van der Waals surface area contributed by atoms with Crippen molar-refractivity contribution < 1.29 is 18.7 Å². The first-order chi connectivity index (χ1) is 11.8. The second kappa shape index (κ2) is 14.4. The van der Waals surface area contributed by atoms with E-state index in [4.69, 9.17) is 9.47 Å². The number of hydrogen-bond acceptors (Lipinski definition) is 5. The average molecular weight is 364 g/mol. The monoisotopic (exact) mass is 363 g/mol. The largest absolute Gasteiger partial charge is 0.379 e. The normalized spacial score (nSPS) is 14.3. The van der Waals surface area contributed by atoms with Crippen molar-refractivity contribution in [1.29, 1.82) is 0 Å². The van der Waals surface area contributed by atoms with E-state index in [0.29, 0.717) is 32.4 Å². The van der Waals surface area contributed by atoms with Crippen LogP contribution in [0.1, 0.15) is 47.5 Å². The summed E-state index contributed by atoms with van der Waals surface area (Å²) in [6, 6.07) is 0.539. The van der Waals surface area contributed by atoms with Gasteiger partial charge in [0, 0.05) is 32.6 Å². The van der Waals surface area contributed by atoms with Crippen LogP contribution in [-0.4, -0.2) is 69.7 Å². The molecule has 0 spiro atoms. The van der Waals surface area contributed by atoms with Crippen molar-refractivity contribution in [3.8, 4) is 0 Å². The SMILES string of the molecule is CCCC(C)NCCOCCNCCOC(C)(C)C(F)CNC(C)=O. The molecule has 25 heavy (non-hydrogen) atoms. The van der Waals surface area contributed by atoms with Crippen LogP contribution in [0.2, 0.25) is 0 Å². The van der Waals surface area contributed by atoms with E-state index in [1.807, 2.05) is 0 Å². The van der Waals surface area contributed by atoms with Gasteiger partial charge in [-0.2, -0.15) is 0 Å². The molecular weight excluding hydrogens is 325 g/mol. The maximum Gasteiger partial charge on any atom is 0.216 e.